The third-order valence-corrected chi connectivity index (χ3v) is 6.12. The van der Waals surface area contributed by atoms with Gasteiger partial charge in [0, 0.05) is 0 Å². The van der Waals surface area contributed by atoms with Gasteiger partial charge >= 0.3 is 0 Å². The fourth-order valence-electron chi connectivity index (χ4n) is 2.99. The van der Waals surface area contributed by atoms with E-state index in [1.165, 1.54) is 35.6 Å². The summed E-state index contributed by atoms with van der Waals surface area (Å²) in [6.45, 7) is 2.12. The predicted molar refractivity (Wildman–Crippen MR) is 119 cm³/mol. The normalized spacial score (nSPS) is 10.9. The Bertz CT molecular complexity index is 1140. The van der Waals surface area contributed by atoms with Gasteiger partial charge in [0.2, 0.25) is 0 Å². The number of carbonyl (C=O) groups is 1. The SMILES string of the molecule is Cc1ccc(Cl)c2sc(N(Cc3ccccc3)C(=O)COc3ccc(F)cc3)nc12. The summed E-state index contributed by atoms with van der Waals surface area (Å²) < 4.78 is 19.5. The summed E-state index contributed by atoms with van der Waals surface area (Å²) in [4.78, 5) is 19.4. The molecule has 1 amide bonds. The average Bonchev–Trinajstić information content (AvgIpc) is 3.21. The zero-order valence-electron chi connectivity index (χ0n) is 16.1. The molecule has 7 heteroatoms. The van der Waals surface area contributed by atoms with Crippen molar-refractivity contribution >= 4 is 44.2 Å². The van der Waals surface area contributed by atoms with Crippen molar-refractivity contribution in [3.63, 3.8) is 0 Å². The van der Waals surface area contributed by atoms with Crippen molar-refractivity contribution in [1.82, 2.24) is 4.98 Å². The molecule has 1 heterocycles. The number of thiazole rings is 1. The number of fused-ring (bicyclic) bond motifs is 1. The van der Waals surface area contributed by atoms with E-state index in [4.69, 9.17) is 21.3 Å². The maximum absolute atomic E-state index is 13.1. The van der Waals surface area contributed by atoms with Gasteiger partial charge in [0.25, 0.3) is 5.91 Å². The minimum absolute atomic E-state index is 0.193. The highest BCUT2D eigenvalue weighted by Crippen LogP contribution is 2.36. The van der Waals surface area contributed by atoms with Crippen LogP contribution in [0.15, 0.2) is 66.7 Å². The highest BCUT2D eigenvalue weighted by atomic mass is 35.5. The van der Waals surface area contributed by atoms with Crippen LogP contribution in [-0.2, 0) is 11.3 Å². The molecule has 3 aromatic carbocycles. The lowest BCUT2D eigenvalue weighted by Gasteiger charge is -2.20. The lowest BCUT2D eigenvalue weighted by atomic mass is 10.2. The van der Waals surface area contributed by atoms with Crippen LogP contribution in [0, 0.1) is 12.7 Å². The van der Waals surface area contributed by atoms with Crippen LogP contribution in [-0.4, -0.2) is 17.5 Å². The molecule has 0 saturated carbocycles. The van der Waals surface area contributed by atoms with Gasteiger partial charge in [0.15, 0.2) is 11.7 Å². The van der Waals surface area contributed by atoms with Gasteiger partial charge in [0.05, 0.1) is 21.8 Å². The zero-order valence-corrected chi connectivity index (χ0v) is 17.7. The average molecular weight is 441 g/mol. The van der Waals surface area contributed by atoms with Crippen molar-refractivity contribution < 1.29 is 13.9 Å². The smallest absolute Gasteiger partial charge is 0.267 e. The number of nitrogens with zero attached hydrogens (tertiary/aromatic N) is 2. The van der Waals surface area contributed by atoms with Gasteiger partial charge in [-0.2, -0.15) is 0 Å². The largest absolute Gasteiger partial charge is 0.484 e. The Labute approximate surface area is 182 Å². The number of rotatable bonds is 6. The van der Waals surface area contributed by atoms with E-state index in [9.17, 15) is 9.18 Å². The fourth-order valence-corrected chi connectivity index (χ4v) is 4.32. The van der Waals surface area contributed by atoms with Crippen LogP contribution in [0.1, 0.15) is 11.1 Å². The first kappa shape index (κ1) is 20.3. The molecule has 1 aromatic heterocycles. The molecule has 30 heavy (non-hydrogen) atoms. The molecule has 0 unspecified atom stereocenters. The molecule has 0 atom stereocenters. The van der Waals surface area contributed by atoms with E-state index in [2.05, 4.69) is 0 Å². The molecule has 4 aromatic rings. The molecular formula is C23H18ClFN2O2S. The Morgan fingerprint density at radius 1 is 1.10 bits per heavy atom. The van der Waals surface area contributed by atoms with Crippen LogP contribution < -0.4 is 9.64 Å². The molecule has 0 fully saturated rings. The van der Waals surface area contributed by atoms with Crippen molar-refractivity contribution in [2.45, 2.75) is 13.5 Å². The van der Waals surface area contributed by atoms with Crippen molar-refractivity contribution in [3.05, 3.63) is 88.7 Å². The number of carbonyl (C=O) groups excluding carboxylic acids is 1. The molecule has 0 radical (unpaired) electrons. The van der Waals surface area contributed by atoms with Crippen LogP contribution in [0.4, 0.5) is 9.52 Å². The molecule has 0 spiro atoms. The van der Waals surface area contributed by atoms with E-state index in [-0.39, 0.29) is 18.3 Å². The Kier molecular flexibility index (Phi) is 5.97. The summed E-state index contributed by atoms with van der Waals surface area (Å²) in [5, 5.41) is 1.16. The maximum Gasteiger partial charge on any atom is 0.267 e. The monoisotopic (exact) mass is 440 g/mol. The topological polar surface area (TPSA) is 42.4 Å². The van der Waals surface area contributed by atoms with Crippen molar-refractivity contribution in [3.8, 4) is 5.75 Å². The maximum atomic E-state index is 13.1. The Balaban J connectivity index is 1.64. The Morgan fingerprint density at radius 3 is 2.53 bits per heavy atom. The Morgan fingerprint density at radius 2 is 1.83 bits per heavy atom. The first-order valence-corrected chi connectivity index (χ1v) is 10.5. The summed E-state index contributed by atoms with van der Waals surface area (Å²) in [5.74, 6) is -0.190. The molecule has 0 saturated heterocycles. The number of halogens is 2. The summed E-state index contributed by atoms with van der Waals surface area (Å²) in [6, 6.07) is 19.0. The first-order valence-electron chi connectivity index (χ1n) is 9.29. The van der Waals surface area contributed by atoms with Crippen molar-refractivity contribution in [1.29, 1.82) is 0 Å². The second-order valence-electron chi connectivity index (χ2n) is 6.75. The van der Waals surface area contributed by atoms with Crippen LogP contribution in [0.5, 0.6) is 5.75 Å². The number of benzene rings is 3. The second-order valence-corrected chi connectivity index (χ2v) is 8.13. The van der Waals surface area contributed by atoms with Crippen LogP contribution in [0.3, 0.4) is 0 Å². The molecule has 4 rings (SSSR count). The predicted octanol–water partition coefficient (Wildman–Crippen LogP) is 6.01. The molecule has 0 aliphatic rings. The number of amides is 1. The molecule has 0 bridgehead atoms. The van der Waals surface area contributed by atoms with Gasteiger partial charge < -0.3 is 4.74 Å². The number of ether oxygens (including phenoxy) is 1. The fraction of sp³-hybridized carbons (Fsp3) is 0.130. The Hall–Kier alpha value is -2.96. The van der Waals surface area contributed by atoms with Gasteiger partial charge in [-0.1, -0.05) is 59.3 Å². The van der Waals surface area contributed by atoms with Crippen LogP contribution in [0.25, 0.3) is 10.2 Å². The van der Waals surface area contributed by atoms with Crippen LogP contribution >= 0.6 is 22.9 Å². The second kappa shape index (κ2) is 8.81. The minimum Gasteiger partial charge on any atom is -0.484 e. The number of aryl methyl sites for hydroxylation is 1. The van der Waals surface area contributed by atoms with Crippen LogP contribution in [0.2, 0.25) is 5.02 Å². The molecule has 4 nitrogen and oxygen atoms in total. The quantitative estimate of drug-likeness (QED) is 0.368. The summed E-state index contributed by atoms with van der Waals surface area (Å²) in [5.41, 5.74) is 2.74. The highest BCUT2D eigenvalue weighted by molar-refractivity contribution is 7.23. The summed E-state index contributed by atoms with van der Waals surface area (Å²) in [6.07, 6.45) is 0. The van der Waals surface area contributed by atoms with Gasteiger partial charge in [-0.15, -0.1) is 0 Å². The number of anilines is 1. The van der Waals surface area contributed by atoms with E-state index < -0.39 is 0 Å². The van der Waals surface area contributed by atoms with Gasteiger partial charge in [-0.25, -0.2) is 9.37 Å². The third kappa shape index (κ3) is 4.45. The lowest BCUT2D eigenvalue weighted by molar-refractivity contribution is -0.120. The molecule has 152 valence electrons. The standard InChI is InChI=1S/C23H18ClFN2O2S/c1-15-7-12-19(24)22-21(15)26-23(30-22)27(13-16-5-3-2-4-6-16)20(28)14-29-18-10-8-17(25)9-11-18/h2-12H,13-14H2,1H3. The van der Waals surface area contributed by atoms with Crippen molar-refractivity contribution in [2.24, 2.45) is 0 Å². The summed E-state index contributed by atoms with van der Waals surface area (Å²) in [7, 11) is 0. The van der Waals surface area contributed by atoms with Gasteiger partial charge in [-0.05, 0) is 48.4 Å². The van der Waals surface area contributed by atoms with E-state index in [1.807, 2.05) is 49.4 Å². The highest BCUT2D eigenvalue weighted by Gasteiger charge is 2.22. The number of hydrogen-bond acceptors (Lipinski definition) is 4. The third-order valence-electron chi connectivity index (χ3n) is 4.58. The van der Waals surface area contributed by atoms with Crippen molar-refractivity contribution in [2.75, 3.05) is 11.5 Å². The number of hydrogen-bond donors (Lipinski definition) is 0. The molecular weight excluding hydrogens is 423 g/mol. The molecule has 0 N–H and O–H groups in total. The molecule has 0 aliphatic carbocycles. The van der Waals surface area contributed by atoms with E-state index >= 15 is 0 Å². The lowest BCUT2D eigenvalue weighted by Crippen LogP contribution is -2.34. The van der Waals surface area contributed by atoms with E-state index in [0.717, 1.165) is 21.3 Å². The zero-order chi connectivity index (χ0) is 21.1. The number of aromatic nitrogens is 1. The first-order chi connectivity index (χ1) is 14.5. The minimum atomic E-state index is -0.360. The van der Waals surface area contributed by atoms with Gasteiger partial charge in [-0.3, -0.25) is 9.69 Å². The summed E-state index contributed by atoms with van der Waals surface area (Å²) >= 11 is 7.73. The van der Waals surface area contributed by atoms with E-state index in [0.29, 0.717) is 22.4 Å². The van der Waals surface area contributed by atoms with Gasteiger partial charge in [0.1, 0.15) is 11.6 Å². The van der Waals surface area contributed by atoms with E-state index in [1.54, 1.807) is 4.90 Å². The molecule has 0 aliphatic heterocycles.